The zero-order valence-electron chi connectivity index (χ0n) is 11.5. The van der Waals surface area contributed by atoms with E-state index in [1.54, 1.807) is 36.1 Å². The Morgan fingerprint density at radius 1 is 1.50 bits per heavy atom. The highest BCUT2D eigenvalue weighted by molar-refractivity contribution is 5.89. The highest BCUT2D eigenvalue weighted by Crippen LogP contribution is 2.27. The van der Waals surface area contributed by atoms with Crippen molar-refractivity contribution in [3.05, 3.63) is 29.8 Å². The van der Waals surface area contributed by atoms with E-state index in [0.717, 1.165) is 18.4 Å². The molecule has 20 heavy (non-hydrogen) atoms. The Bertz CT molecular complexity index is 501. The molecule has 2 N–H and O–H groups in total. The fraction of sp³-hybridized carbons (Fsp3) is 0.467. The fourth-order valence-corrected chi connectivity index (χ4v) is 2.05. The second-order valence-electron chi connectivity index (χ2n) is 5.06. The maximum atomic E-state index is 12.2. The van der Waals surface area contributed by atoms with Gasteiger partial charge in [0.1, 0.15) is 0 Å². The lowest BCUT2D eigenvalue weighted by Crippen LogP contribution is -2.37. The van der Waals surface area contributed by atoms with E-state index < -0.39 is 6.10 Å². The Morgan fingerprint density at radius 3 is 2.65 bits per heavy atom. The lowest BCUT2D eigenvalue weighted by molar-refractivity contribution is 0.199. The SMILES string of the molecule is CC(O)c1ccc(NC(=O)N(CCC#N)C2CC2)cc1. The van der Waals surface area contributed by atoms with Crippen molar-refractivity contribution in [2.24, 2.45) is 0 Å². The van der Waals surface area contributed by atoms with E-state index in [0.29, 0.717) is 18.7 Å². The summed E-state index contributed by atoms with van der Waals surface area (Å²) < 4.78 is 0. The predicted octanol–water partition coefficient (Wildman–Crippen LogP) is 2.65. The summed E-state index contributed by atoms with van der Waals surface area (Å²) in [6.07, 6.45) is 1.86. The molecule has 1 aliphatic carbocycles. The number of nitrogens with one attached hydrogen (secondary N) is 1. The van der Waals surface area contributed by atoms with Crippen LogP contribution >= 0.6 is 0 Å². The van der Waals surface area contributed by atoms with Crippen molar-refractivity contribution < 1.29 is 9.90 Å². The van der Waals surface area contributed by atoms with Gasteiger partial charge in [-0.15, -0.1) is 0 Å². The Labute approximate surface area is 118 Å². The average Bonchev–Trinajstić information content (AvgIpc) is 3.24. The lowest BCUT2D eigenvalue weighted by Gasteiger charge is -2.21. The Kier molecular flexibility index (Phi) is 4.59. The Morgan fingerprint density at radius 2 is 2.15 bits per heavy atom. The molecule has 2 amide bonds. The van der Waals surface area contributed by atoms with Gasteiger partial charge in [0.05, 0.1) is 18.6 Å². The number of aliphatic hydroxyl groups is 1. The number of carbonyl (C=O) groups excluding carboxylic acids is 1. The van der Waals surface area contributed by atoms with E-state index >= 15 is 0 Å². The van der Waals surface area contributed by atoms with Crippen LogP contribution in [-0.2, 0) is 0 Å². The molecule has 1 atom stereocenters. The highest BCUT2D eigenvalue weighted by atomic mass is 16.3. The van der Waals surface area contributed by atoms with Gasteiger partial charge in [-0.05, 0) is 37.5 Å². The first kappa shape index (κ1) is 14.4. The standard InChI is InChI=1S/C15H19N3O2/c1-11(19)12-3-5-13(6-4-12)17-15(20)18(10-2-9-16)14-7-8-14/h3-6,11,14,19H,2,7-8,10H2,1H3,(H,17,20). The molecule has 0 bridgehead atoms. The smallest absolute Gasteiger partial charge is 0.322 e. The second kappa shape index (κ2) is 6.40. The summed E-state index contributed by atoms with van der Waals surface area (Å²) in [5.74, 6) is 0. The van der Waals surface area contributed by atoms with Gasteiger partial charge in [0.2, 0.25) is 0 Å². The summed E-state index contributed by atoms with van der Waals surface area (Å²) in [6.45, 7) is 2.17. The third-order valence-electron chi connectivity index (χ3n) is 3.36. The molecule has 1 aromatic carbocycles. The molecule has 0 aromatic heterocycles. The number of nitriles is 1. The molecule has 0 aliphatic heterocycles. The van der Waals surface area contributed by atoms with Gasteiger partial charge in [0, 0.05) is 18.3 Å². The van der Waals surface area contributed by atoms with E-state index in [9.17, 15) is 9.90 Å². The van der Waals surface area contributed by atoms with Gasteiger partial charge in [-0.25, -0.2) is 4.79 Å². The zero-order valence-corrected chi connectivity index (χ0v) is 11.5. The van der Waals surface area contributed by atoms with Gasteiger partial charge in [-0.1, -0.05) is 12.1 Å². The van der Waals surface area contributed by atoms with Crippen molar-refractivity contribution in [1.82, 2.24) is 4.90 Å². The van der Waals surface area contributed by atoms with Gasteiger partial charge in [-0.3, -0.25) is 0 Å². The number of rotatable bonds is 5. The van der Waals surface area contributed by atoms with E-state index in [1.165, 1.54) is 0 Å². The molecular formula is C15H19N3O2. The number of hydrogen-bond donors (Lipinski definition) is 2. The minimum Gasteiger partial charge on any atom is -0.389 e. The number of nitrogens with zero attached hydrogens (tertiary/aromatic N) is 2. The van der Waals surface area contributed by atoms with Crippen LogP contribution in [0.15, 0.2) is 24.3 Å². The van der Waals surface area contributed by atoms with Crippen LogP contribution in [0, 0.1) is 11.3 Å². The molecule has 0 radical (unpaired) electrons. The molecule has 5 nitrogen and oxygen atoms in total. The summed E-state index contributed by atoms with van der Waals surface area (Å²) in [4.78, 5) is 13.9. The monoisotopic (exact) mass is 273 g/mol. The predicted molar refractivity (Wildman–Crippen MR) is 76.1 cm³/mol. The maximum absolute atomic E-state index is 12.2. The molecule has 1 fully saturated rings. The van der Waals surface area contributed by atoms with Gasteiger partial charge in [-0.2, -0.15) is 5.26 Å². The molecule has 1 unspecified atom stereocenters. The van der Waals surface area contributed by atoms with E-state index in [1.807, 2.05) is 0 Å². The van der Waals surface area contributed by atoms with Crippen molar-refractivity contribution in [2.75, 3.05) is 11.9 Å². The first-order chi connectivity index (χ1) is 9.61. The van der Waals surface area contributed by atoms with Gasteiger partial charge in [0.25, 0.3) is 0 Å². The first-order valence-corrected chi connectivity index (χ1v) is 6.84. The van der Waals surface area contributed by atoms with Crippen molar-refractivity contribution in [3.8, 4) is 6.07 Å². The van der Waals surface area contributed by atoms with Gasteiger partial charge >= 0.3 is 6.03 Å². The molecule has 0 saturated heterocycles. The van der Waals surface area contributed by atoms with Crippen molar-refractivity contribution in [3.63, 3.8) is 0 Å². The number of benzene rings is 1. The molecule has 1 saturated carbocycles. The minimum absolute atomic E-state index is 0.160. The Hall–Kier alpha value is -2.06. The highest BCUT2D eigenvalue weighted by Gasteiger charge is 2.32. The van der Waals surface area contributed by atoms with Crippen LogP contribution in [0.4, 0.5) is 10.5 Å². The maximum Gasteiger partial charge on any atom is 0.322 e. The quantitative estimate of drug-likeness (QED) is 0.865. The summed E-state index contributed by atoms with van der Waals surface area (Å²) in [5, 5.41) is 20.9. The fourth-order valence-electron chi connectivity index (χ4n) is 2.05. The second-order valence-corrected chi connectivity index (χ2v) is 5.06. The van der Waals surface area contributed by atoms with Crippen LogP contribution in [0.3, 0.4) is 0 Å². The summed E-state index contributed by atoms with van der Waals surface area (Å²) >= 11 is 0. The number of amides is 2. The summed E-state index contributed by atoms with van der Waals surface area (Å²) in [7, 11) is 0. The normalized spacial score (nSPS) is 15.2. The molecule has 0 heterocycles. The number of aliphatic hydroxyl groups excluding tert-OH is 1. The first-order valence-electron chi connectivity index (χ1n) is 6.84. The Balaban J connectivity index is 1.97. The van der Waals surface area contributed by atoms with Crippen LogP contribution in [-0.4, -0.2) is 28.6 Å². The molecule has 1 aliphatic rings. The molecule has 1 aromatic rings. The molecular weight excluding hydrogens is 254 g/mol. The summed E-state index contributed by atoms with van der Waals surface area (Å²) in [6, 6.07) is 9.31. The van der Waals surface area contributed by atoms with Crippen molar-refractivity contribution in [2.45, 2.75) is 38.3 Å². The minimum atomic E-state index is -0.515. The van der Waals surface area contributed by atoms with Crippen molar-refractivity contribution in [1.29, 1.82) is 5.26 Å². The van der Waals surface area contributed by atoms with Crippen LogP contribution in [0.1, 0.15) is 37.9 Å². The summed E-state index contributed by atoms with van der Waals surface area (Å²) in [5.41, 5.74) is 1.51. The molecule has 2 rings (SSSR count). The van der Waals surface area contributed by atoms with E-state index in [4.69, 9.17) is 5.26 Å². The van der Waals surface area contributed by atoms with Gasteiger partial charge < -0.3 is 15.3 Å². The largest absolute Gasteiger partial charge is 0.389 e. The lowest BCUT2D eigenvalue weighted by atomic mass is 10.1. The van der Waals surface area contributed by atoms with Crippen LogP contribution in [0.25, 0.3) is 0 Å². The van der Waals surface area contributed by atoms with Crippen LogP contribution in [0.5, 0.6) is 0 Å². The molecule has 0 spiro atoms. The molecule has 5 heteroatoms. The van der Waals surface area contributed by atoms with E-state index in [-0.39, 0.29) is 12.1 Å². The zero-order chi connectivity index (χ0) is 14.5. The van der Waals surface area contributed by atoms with Crippen LogP contribution < -0.4 is 5.32 Å². The number of carbonyl (C=O) groups is 1. The third-order valence-corrected chi connectivity index (χ3v) is 3.36. The van der Waals surface area contributed by atoms with Crippen molar-refractivity contribution >= 4 is 11.7 Å². The molecule has 106 valence electrons. The number of hydrogen-bond acceptors (Lipinski definition) is 3. The third kappa shape index (κ3) is 3.72. The topological polar surface area (TPSA) is 76.4 Å². The van der Waals surface area contributed by atoms with E-state index in [2.05, 4.69) is 11.4 Å². The van der Waals surface area contributed by atoms with Crippen LogP contribution in [0.2, 0.25) is 0 Å². The number of urea groups is 1. The van der Waals surface area contributed by atoms with Gasteiger partial charge in [0.15, 0.2) is 0 Å². The number of anilines is 1. The average molecular weight is 273 g/mol.